The zero-order valence-electron chi connectivity index (χ0n) is 12.2. The van der Waals surface area contributed by atoms with Gasteiger partial charge in [0.2, 0.25) is 0 Å². The third-order valence-corrected chi connectivity index (χ3v) is 3.37. The number of benzene rings is 1. The molecule has 1 aromatic carbocycles. The lowest BCUT2D eigenvalue weighted by molar-refractivity contribution is -0.0498. The maximum Gasteiger partial charge on any atom is 0.387 e. The van der Waals surface area contributed by atoms with E-state index in [4.69, 9.17) is 4.52 Å². The highest BCUT2D eigenvalue weighted by atomic mass is 19.3. The number of hydrogen-bond acceptors (Lipinski definition) is 4. The first-order chi connectivity index (χ1) is 9.97. The Morgan fingerprint density at radius 2 is 1.90 bits per heavy atom. The van der Waals surface area contributed by atoms with Crippen molar-refractivity contribution in [3.8, 4) is 5.75 Å². The fourth-order valence-electron chi connectivity index (χ4n) is 2.07. The monoisotopic (exact) mass is 296 g/mol. The van der Waals surface area contributed by atoms with Crippen LogP contribution in [-0.2, 0) is 6.54 Å². The van der Waals surface area contributed by atoms with Gasteiger partial charge in [0, 0.05) is 18.2 Å². The molecule has 0 aliphatic heterocycles. The first-order valence-corrected chi connectivity index (χ1v) is 6.67. The maximum atomic E-state index is 12.1. The summed E-state index contributed by atoms with van der Waals surface area (Å²) in [5.41, 5.74) is 2.90. The van der Waals surface area contributed by atoms with Crippen molar-refractivity contribution in [2.75, 3.05) is 0 Å². The van der Waals surface area contributed by atoms with E-state index >= 15 is 0 Å². The number of aryl methyl sites for hydroxylation is 2. The molecular weight excluding hydrogens is 278 g/mol. The number of aromatic nitrogens is 1. The van der Waals surface area contributed by atoms with E-state index in [1.165, 1.54) is 12.1 Å². The topological polar surface area (TPSA) is 47.3 Å². The van der Waals surface area contributed by atoms with Crippen molar-refractivity contribution in [1.82, 2.24) is 10.5 Å². The molecule has 1 N–H and O–H groups in total. The second kappa shape index (κ2) is 6.67. The number of rotatable bonds is 6. The molecule has 2 aromatic rings. The van der Waals surface area contributed by atoms with Crippen LogP contribution in [0.25, 0.3) is 0 Å². The van der Waals surface area contributed by atoms with E-state index in [0.717, 1.165) is 22.6 Å². The van der Waals surface area contributed by atoms with Crippen molar-refractivity contribution in [3.05, 3.63) is 46.8 Å². The number of hydrogen-bond donors (Lipinski definition) is 1. The van der Waals surface area contributed by atoms with Crippen LogP contribution >= 0.6 is 0 Å². The van der Waals surface area contributed by atoms with Crippen LogP contribution in [0.3, 0.4) is 0 Å². The molecular formula is C15H18F2N2O2. The van der Waals surface area contributed by atoms with Crippen molar-refractivity contribution in [2.24, 2.45) is 0 Å². The number of alkyl halides is 2. The van der Waals surface area contributed by atoms with Gasteiger partial charge < -0.3 is 14.6 Å². The maximum absolute atomic E-state index is 12.1. The summed E-state index contributed by atoms with van der Waals surface area (Å²) < 4.78 is 33.6. The summed E-state index contributed by atoms with van der Waals surface area (Å²) in [4.78, 5) is 0. The smallest absolute Gasteiger partial charge is 0.387 e. The summed E-state index contributed by atoms with van der Waals surface area (Å²) in [6.07, 6.45) is 0. The van der Waals surface area contributed by atoms with Crippen molar-refractivity contribution >= 4 is 0 Å². The molecule has 6 heteroatoms. The molecule has 21 heavy (non-hydrogen) atoms. The van der Waals surface area contributed by atoms with Gasteiger partial charge in [-0.3, -0.25) is 0 Å². The molecule has 1 heterocycles. The van der Waals surface area contributed by atoms with Crippen molar-refractivity contribution in [1.29, 1.82) is 0 Å². The summed E-state index contributed by atoms with van der Waals surface area (Å²) in [5.74, 6) is 0.958. The molecule has 0 bridgehead atoms. The van der Waals surface area contributed by atoms with Crippen LogP contribution in [-0.4, -0.2) is 11.8 Å². The number of nitrogens with one attached hydrogen (secondary N) is 1. The largest absolute Gasteiger partial charge is 0.435 e. The molecule has 0 radical (unpaired) electrons. The van der Waals surface area contributed by atoms with Crippen LogP contribution in [0.4, 0.5) is 8.78 Å². The highest BCUT2D eigenvalue weighted by Crippen LogP contribution is 2.20. The predicted molar refractivity (Wildman–Crippen MR) is 74.3 cm³/mol. The molecule has 0 aliphatic carbocycles. The Hall–Kier alpha value is -1.95. The molecule has 2 rings (SSSR count). The Morgan fingerprint density at radius 3 is 2.43 bits per heavy atom. The minimum absolute atomic E-state index is 0.0688. The Balaban J connectivity index is 1.95. The number of halogens is 2. The zero-order valence-corrected chi connectivity index (χ0v) is 12.2. The van der Waals surface area contributed by atoms with E-state index in [2.05, 4.69) is 15.2 Å². The van der Waals surface area contributed by atoms with Crippen LogP contribution in [0, 0.1) is 13.8 Å². The summed E-state index contributed by atoms with van der Waals surface area (Å²) in [6.45, 7) is 3.61. The fraction of sp³-hybridized carbons (Fsp3) is 0.400. The first-order valence-electron chi connectivity index (χ1n) is 6.67. The Kier molecular flexibility index (Phi) is 4.90. The summed E-state index contributed by atoms with van der Waals surface area (Å²) >= 11 is 0. The molecule has 0 fully saturated rings. The van der Waals surface area contributed by atoms with E-state index in [9.17, 15) is 8.78 Å². The van der Waals surface area contributed by atoms with E-state index in [0.29, 0.717) is 6.54 Å². The average molecular weight is 296 g/mol. The van der Waals surface area contributed by atoms with Crippen LogP contribution in [0.15, 0.2) is 28.8 Å². The molecule has 4 nitrogen and oxygen atoms in total. The van der Waals surface area contributed by atoms with E-state index in [1.54, 1.807) is 12.1 Å². The average Bonchev–Trinajstić information content (AvgIpc) is 2.75. The lowest BCUT2D eigenvalue weighted by Gasteiger charge is -2.15. The Labute approximate surface area is 122 Å². The van der Waals surface area contributed by atoms with Crippen molar-refractivity contribution < 1.29 is 18.0 Å². The molecule has 0 spiro atoms. The summed E-state index contributed by atoms with van der Waals surface area (Å²) in [7, 11) is 0. The highest BCUT2D eigenvalue weighted by Gasteiger charge is 2.11. The standard InChI is InChI=1S/C15H18F2N2O2/c1-9(18-8-14-10(2)19-21-11(14)3)12-4-6-13(7-5-12)20-15(16)17/h4-7,9,15,18H,8H2,1-3H3. The van der Waals surface area contributed by atoms with Gasteiger partial charge in [-0.05, 0) is 38.5 Å². The van der Waals surface area contributed by atoms with Gasteiger partial charge in [0.25, 0.3) is 0 Å². The van der Waals surface area contributed by atoms with Gasteiger partial charge in [-0.15, -0.1) is 0 Å². The van der Waals surface area contributed by atoms with Gasteiger partial charge in [-0.2, -0.15) is 8.78 Å². The van der Waals surface area contributed by atoms with Crippen LogP contribution < -0.4 is 10.1 Å². The van der Waals surface area contributed by atoms with Gasteiger partial charge in [-0.1, -0.05) is 17.3 Å². The molecule has 0 saturated heterocycles. The molecule has 114 valence electrons. The first kappa shape index (κ1) is 15.4. The van der Waals surface area contributed by atoms with Crippen LogP contribution in [0.5, 0.6) is 5.75 Å². The fourth-order valence-corrected chi connectivity index (χ4v) is 2.07. The molecule has 0 amide bonds. The molecule has 0 saturated carbocycles. The Bertz CT molecular complexity index is 562. The minimum atomic E-state index is -2.80. The van der Waals surface area contributed by atoms with Gasteiger partial charge in [0.1, 0.15) is 11.5 Å². The zero-order chi connectivity index (χ0) is 15.4. The predicted octanol–water partition coefficient (Wildman–Crippen LogP) is 3.74. The molecule has 1 unspecified atom stereocenters. The normalized spacial score (nSPS) is 12.7. The number of ether oxygens (including phenoxy) is 1. The molecule has 0 aliphatic rings. The molecule has 1 aromatic heterocycles. The second-order valence-electron chi connectivity index (χ2n) is 4.85. The quantitative estimate of drug-likeness (QED) is 0.882. The third kappa shape index (κ3) is 4.01. The van der Waals surface area contributed by atoms with Crippen LogP contribution in [0.1, 0.15) is 35.5 Å². The van der Waals surface area contributed by atoms with E-state index in [-0.39, 0.29) is 11.8 Å². The van der Waals surface area contributed by atoms with Gasteiger partial charge in [-0.25, -0.2) is 0 Å². The highest BCUT2D eigenvalue weighted by molar-refractivity contribution is 5.29. The summed E-state index contributed by atoms with van der Waals surface area (Å²) in [5, 5.41) is 7.26. The van der Waals surface area contributed by atoms with E-state index in [1.807, 2.05) is 20.8 Å². The van der Waals surface area contributed by atoms with Crippen molar-refractivity contribution in [3.63, 3.8) is 0 Å². The number of nitrogens with zero attached hydrogens (tertiary/aromatic N) is 1. The van der Waals surface area contributed by atoms with E-state index < -0.39 is 6.61 Å². The lowest BCUT2D eigenvalue weighted by atomic mass is 10.1. The minimum Gasteiger partial charge on any atom is -0.435 e. The SMILES string of the molecule is Cc1noc(C)c1CNC(C)c1ccc(OC(F)F)cc1. The second-order valence-corrected chi connectivity index (χ2v) is 4.85. The van der Waals surface area contributed by atoms with Crippen LogP contribution in [0.2, 0.25) is 0 Å². The van der Waals surface area contributed by atoms with Gasteiger partial charge in [0.15, 0.2) is 0 Å². The van der Waals surface area contributed by atoms with Crippen molar-refractivity contribution in [2.45, 2.75) is 40.0 Å². The lowest BCUT2D eigenvalue weighted by Crippen LogP contribution is -2.18. The third-order valence-electron chi connectivity index (χ3n) is 3.37. The Morgan fingerprint density at radius 1 is 1.24 bits per heavy atom. The van der Waals surface area contributed by atoms with Gasteiger partial charge in [0.05, 0.1) is 5.69 Å². The van der Waals surface area contributed by atoms with Gasteiger partial charge >= 0.3 is 6.61 Å². The molecule has 1 atom stereocenters. The summed E-state index contributed by atoms with van der Waals surface area (Å²) in [6, 6.07) is 6.68.